The Labute approximate surface area is 197 Å². The first kappa shape index (κ1) is 23.4. The van der Waals surface area contributed by atoms with E-state index in [-0.39, 0.29) is 45.9 Å². The van der Waals surface area contributed by atoms with Crippen LogP contribution in [-0.4, -0.2) is 41.3 Å². The van der Waals surface area contributed by atoms with Gasteiger partial charge in [0.15, 0.2) is 27.8 Å². The van der Waals surface area contributed by atoms with Crippen molar-refractivity contribution in [2.45, 2.75) is 20.3 Å². The van der Waals surface area contributed by atoms with Crippen LogP contribution >= 0.6 is 11.3 Å². The Bertz CT molecular complexity index is 1370. The number of nitrogens with one attached hydrogen (secondary N) is 1. The number of rotatable bonds is 9. The van der Waals surface area contributed by atoms with E-state index < -0.39 is 17.6 Å². The molecule has 0 aliphatic heterocycles. The Hall–Kier alpha value is -3.73. The number of ether oxygens (including phenoxy) is 2. The summed E-state index contributed by atoms with van der Waals surface area (Å²) in [5, 5.41) is 12.5. The topological polar surface area (TPSA) is 107 Å². The third kappa shape index (κ3) is 4.38. The number of carboxylic acid groups (broad SMARTS) is 1. The van der Waals surface area contributed by atoms with Gasteiger partial charge < -0.3 is 24.3 Å². The molecule has 8 nitrogen and oxygen atoms in total. The van der Waals surface area contributed by atoms with Gasteiger partial charge in [0.05, 0.1) is 29.7 Å². The SMILES string of the molecule is CCOc1cc(-c2cc(NCCc3c(F)c(F)c4cc(C)oc4c3OC)ncn2)sc1C(=O)O. The molecule has 3 heterocycles. The molecule has 0 bridgehead atoms. The average Bonchev–Trinajstić information content (AvgIpc) is 3.42. The molecular formula is C23H21F2N3O5S. The van der Waals surface area contributed by atoms with E-state index in [2.05, 4.69) is 15.3 Å². The number of thiophene rings is 1. The van der Waals surface area contributed by atoms with E-state index in [0.29, 0.717) is 28.8 Å². The maximum atomic E-state index is 14.8. The highest BCUT2D eigenvalue weighted by Gasteiger charge is 2.23. The average molecular weight is 490 g/mol. The quantitative estimate of drug-likeness (QED) is 0.326. The number of aryl methyl sites for hydroxylation is 1. The van der Waals surface area contributed by atoms with Crippen LogP contribution in [-0.2, 0) is 6.42 Å². The van der Waals surface area contributed by atoms with Gasteiger partial charge in [-0.1, -0.05) is 0 Å². The molecule has 0 unspecified atom stereocenters. The van der Waals surface area contributed by atoms with E-state index in [0.717, 1.165) is 11.3 Å². The third-order valence-corrected chi connectivity index (χ3v) is 6.15. The Morgan fingerprint density at radius 3 is 2.74 bits per heavy atom. The van der Waals surface area contributed by atoms with Crippen molar-refractivity contribution in [3.8, 4) is 22.1 Å². The first-order valence-electron chi connectivity index (χ1n) is 10.3. The summed E-state index contributed by atoms with van der Waals surface area (Å²) in [4.78, 5) is 20.5. The monoisotopic (exact) mass is 489 g/mol. The molecule has 0 saturated carbocycles. The molecule has 0 atom stereocenters. The number of anilines is 1. The number of nitrogens with zero attached hydrogens (tertiary/aromatic N) is 2. The minimum absolute atomic E-state index is 0.0344. The van der Waals surface area contributed by atoms with Gasteiger partial charge in [0.25, 0.3) is 0 Å². The molecule has 2 N–H and O–H groups in total. The molecule has 178 valence electrons. The molecule has 0 radical (unpaired) electrons. The second-order valence-corrected chi connectivity index (χ2v) is 8.30. The highest BCUT2D eigenvalue weighted by molar-refractivity contribution is 7.17. The van der Waals surface area contributed by atoms with E-state index in [4.69, 9.17) is 13.9 Å². The number of halogens is 2. The molecule has 4 rings (SSSR count). The van der Waals surface area contributed by atoms with Gasteiger partial charge in [-0.25, -0.2) is 23.5 Å². The van der Waals surface area contributed by atoms with Gasteiger partial charge in [0.1, 0.15) is 23.7 Å². The van der Waals surface area contributed by atoms with Crippen molar-refractivity contribution < 1.29 is 32.6 Å². The van der Waals surface area contributed by atoms with E-state index in [1.165, 1.54) is 19.5 Å². The molecular weight excluding hydrogens is 468 g/mol. The number of aromatic carboxylic acids is 1. The van der Waals surface area contributed by atoms with Crippen molar-refractivity contribution in [1.29, 1.82) is 0 Å². The Kier molecular flexibility index (Phi) is 6.64. The lowest BCUT2D eigenvalue weighted by Gasteiger charge is -2.12. The van der Waals surface area contributed by atoms with Crippen molar-refractivity contribution in [3.63, 3.8) is 0 Å². The van der Waals surface area contributed by atoms with Gasteiger partial charge in [0, 0.05) is 24.2 Å². The van der Waals surface area contributed by atoms with Crippen molar-refractivity contribution in [2.24, 2.45) is 0 Å². The standard InChI is InChI=1S/C23H21F2N3O5S/c1-4-32-15-9-16(34-22(15)23(29)30)14-8-17(28-10-27-14)26-6-5-12-18(24)19(25)13-7-11(2)33-21(13)20(12)31-3/h7-10H,4-6H2,1-3H3,(H,29,30)(H,26,27,28). The number of aromatic nitrogens is 2. The van der Waals surface area contributed by atoms with E-state index >= 15 is 0 Å². The highest BCUT2D eigenvalue weighted by atomic mass is 32.1. The molecule has 0 fully saturated rings. The number of hydrogen-bond donors (Lipinski definition) is 2. The van der Waals surface area contributed by atoms with Gasteiger partial charge in [0.2, 0.25) is 0 Å². The predicted octanol–water partition coefficient (Wildman–Crippen LogP) is 5.30. The van der Waals surface area contributed by atoms with Crippen molar-refractivity contribution in [1.82, 2.24) is 9.97 Å². The summed E-state index contributed by atoms with van der Waals surface area (Å²) in [6, 6.07) is 4.69. The molecule has 0 aliphatic carbocycles. The number of fused-ring (bicyclic) bond motifs is 1. The van der Waals surface area contributed by atoms with E-state index in [1.807, 2.05) is 0 Å². The predicted molar refractivity (Wildman–Crippen MR) is 123 cm³/mol. The molecule has 11 heteroatoms. The van der Waals surface area contributed by atoms with Crippen LogP contribution in [0.5, 0.6) is 11.5 Å². The van der Waals surface area contributed by atoms with Crippen molar-refractivity contribution in [3.05, 3.63) is 52.4 Å². The Morgan fingerprint density at radius 2 is 2.03 bits per heavy atom. The maximum absolute atomic E-state index is 14.8. The van der Waals surface area contributed by atoms with E-state index in [9.17, 15) is 18.7 Å². The highest BCUT2D eigenvalue weighted by Crippen LogP contribution is 2.38. The number of benzene rings is 1. The molecule has 1 aromatic carbocycles. The first-order chi connectivity index (χ1) is 16.3. The van der Waals surface area contributed by atoms with Gasteiger partial charge >= 0.3 is 5.97 Å². The minimum atomic E-state index is -1.08. The van der Waals surface area contributed by atoms with Gasteiger partial charge in [-0.05, 0) is 26.3 Å². The van der Waals surface area contributed by atoms with Crippen LogP contribution in [0.1, 0.15) is 27.9 Å². The number of hydrogen-bond acceptors (Lipinski definition) is 8. The zero-order valence-corrected chi connectivity index (χ0v) is 19.4. The summed E-state index contributed by atoms with van der Waals surface area (Å²) in [6.07, 6.45) is 1.42. The molecule has 0 spiro atoms. The van der Waals surface area contributed by atoms with Crippen LogP contribution in [0, 0.1) is 18.6 Å². The number of carboxylic acids is 1. The maximum Gasteiger partial charge on any atom is 0.349 e. The lowest BCUT2D eigenvalue weighted by Crippen LogP contribution is -2.10. The Balaban J connectivity index is 1.55. The van der Waals surface area contributed by atoms with Crippen LogP contribution in [0.2, 0.25) is 0 Å². The molecule has 0 amide bonds. The molecule has 4 aromatic rings. The molecule has 0 saturated heterocycles. The summed E-state index contributed by atoms with van der Waals surface area (Å²) < 4.78 is 45.6. The minimum Gasteiger partial charge on any atom is -0.492 e. The fraction of sp³-hybridized carbons (Fsp3) is 0.261. The van der Waals surface area contributed by atoms with Crippen LogP contribution in [0.15, 0.2) is 28.9 Å². The summed E-state index contributed by atoms with van der Waals surface area (Å²) in [5.74, 6) is -1.75. The molecule has 3 aromatic heterocycles. The summed E-state index contributed by atoms with van der Waals surface area (Å²) in [6.45, 7) is 3.96. The zero-order chi connectivity index (χ0) is 24.4. The number of carbonyl (C=O) groups is 1. The first-order valence-corrected chi connectivity index (χ1v) is 11.2. The lowest BCUT2D eigenvalue weighted by atomic mass is 10.1. The van der Waals surface area contributed by atoms with Crippen molar-refractivity contribution >= 4 is 34.1 Å². The lowest BCUT2D eigenvalue weighted by molar-refractivity contribution is 0.0698. The second-order valence-electron chi connectivity index (χ2n) is 7.25. The summed E-state index contributed by atoms with van der Waals surface area (Å²) in [5.41, 5.74) is 0.711. The van der Waals surface area contributed by atoms with Crippen LogP contribution in [0.3, 0.4) is 0 Å². The van der Waals surface area contributed by atoms with Gasteiger partial charge in [-0.3, -0.25) is 0 Å². The summed E-state index contributed by atoms with van der Waals surface area (Å²) in [7, 11) is 1.38. The van der Waals surface area contributed by atoms with E-state index in [1.54, 1.807) is 26.0 Å². The number of furan rings is 1. The zero-order valence-electron chi connectivity index (χ0n) is 18.6. The molecule has 34 heavy (non-hydrogen) atoms. The third-order valence-electron chi connectivity index (χ3n) is 5.03. The normalized spacial score (nSPS) is 11.1. The Morgan fingerprint density at radius 1 is 1.24 bits per heavy atom. The smallest absolute Gasteiger partial charge is 0.349 e. The fourth-order valence-corrected chi connectivity index (χ4v) is 4.50. The van der Waals surface area contributed by atoms with Crippen molar-refractivity contribution in [2.75, 3.05) is 25.6 Å². The van der Waals surface area contributed by atoms with Gasteiger partial charge in [-0.2, -0.15) is 0 Å². The van der Waals surface area contributed by atoms with Crippen LogP contribution in [0.4, 0.5) is 14.6 Å². The van der Waals surface area contributed by atoms with Crippen LogP contribution in [0.25, 0.3) is 21.5 Å². The largest absolute Gasteiger partial charge is 0.492 e. The number of methoxy groups -OCH3 is 1. The molecule has 0 aliphatic rings. The van der Waals surface area contributed by atoms with Gasteiger partial charge in [-0.15, -0.1) is 11.3 Å². The van der Waals surface area contributed by atoms with Crippen LogP contribution < -0.4 is 14.8 Å². The fourth-order valence-electron chi connectivity index (χ4n) is 3.59. The second kappa shape index (κ2) is 9.64. The summed E-state index contributed by atoms with van der Waals surface area (Å²) >= 11 is 1.04.